The van der Waals surface area contributed by atoms with Gasteiger partial charge in [0.05, 0.1) is 10.5 Å². The van der Waals surface area contributed by atoms with Crippen LogP contribution in [0.3, 0.4) is 0 Å². The molecule has 0 atom stereocenters. The van der Waals surface area contributed by atoms with Gasteiger partial charge in [-0.15, -0.1) is 0 Å². The molecule has 1 aromatic heterocycles. The average molecular weight is 368 g/mol. The van der Waals surface area contributed by atoms with Crippen molar-refractivity contribution >= 4 is 10.0 Å². The molecule has 2 N–H and O–H groups in total. The second-order valence-electron chi connectivity index (χ2n) is 5.14. The highest BCUT2D eigenvalue weighted by Gasteiger charge is 2.42. The number of hydrogen-bond acceptors (Lipinski definition) is 4. The maximum atomic E-state index is 13.4. The number of sulfonamides is 1. The first-order chi connectivity index (χ1) is 11.7. The Morgan fingerprint density at radius 2 is 1.56 bits per heavy atom. The van der Waals surface area contributed by atoms with Crippen LogP contribution in [-0.4, -0.2) is 13.6 Å². The minimum Gasteiger partial charge on any atom is -0.350 e. The summed E-state index contributed by atoms with van der Waals surface area (Å²) in [5, 5.41) is 8.67. The number of nitrogens with two attached hydrogens (primary N) is 1. The molecular weight excluding hydrogens is 357 g/mol. The molecule has 0 aliphatic rings. The molecule has 9 heteroatoms. The van der Waals surface area contributed by atoms with Crippen LogP contribution in [0.2, 0.25) is 0 Å². The normalized spacial score (nSPS) is 12.3. The molecule has 0 amide bonds. The minimum absolute atomic E-state index is 0.121. The molecule has 0 spiro atoms. The summed E-state index contributed by atoms with van der Waals surface area (Å²) in [4.78, 5) is -0.444. The molecule has 25 heavy (non-hydrogen) atoms. The Labute approximate surface area is 140 Å². The molecule has 5 nitrogen and oxygen atoms in total. The van der Waals surface area contributed by atoms with E-state index in [1.54, 1.807) is 30.3 Å². The van der Waals surface area contributed by atoms with Gasteiger partial charge in [-0.2, -0.15) is 13.2 Å². The molecule has 0 saturated carbocycles. The van der Waals surface area contributed by atoms with Crippen LogP contribution in [0.1, 0.15) is 5.76 Å². The van der Waals surface area contributed by atoms with Crippen LogP contribution >= 0.6 is 0 Å². The van der Waals surface area contributed by atoms with E-state index in [9.17, 15) is 21.6 Å². The highest BCUT2D eigenvalue weighted by atomic mass is 32.2. The lowest BCUT2D eigenvalue weighted by molar-refractivity contribution is -0.154. The zero-order chi connectivity index (χ0) is 18.2. The molecule has 0 fully saturated rings. The fraction of sp³-hybridized carbons (Fsp3) is 0.0625. The largest absolute Gasteiger partial charge is 0.453 e. The molecule has 0 radical (unpaired) electrons. The molecule has 0 bridgehead atoms. The minimum atomic E-state index is -4.86. The Bertz CT molecular complexity index is 1010. The first-order valence-corrected chi connectivity index (χ1v) is 8.48. The van der Waals surface area contributed by atoms with Crippen molar-refractivity contribution in [1.82, 2.24) is 5.16 Å². The summed E-state index contributed by atoms with van der Waals surface area (Å²) < 4.78 is 68.3. The Kier molecular flexibility index (Phi) is 4.13. The molecule has 2 aromatic carbocycles. The first kappa shape index (κ1) is 17.2. The monoisotopic (exact) mass is 368 g/mol. The fourth-order valence-corrected chi connectivity index (χ4v) is 3.19. The van der Waals surface area contributed by atoms with Crippen molar-refractivity contribution < 1.29 is 26.1 Å². The van der Waals surface area contributed by atoms with E-state index in [1.807, 2.05) is 0 Å². The van der Waals surface area contributed by atoms with E-state index >= 15 is 0 Å². The van der Waals surface area contributed by atoms with Crippen LogP contribution in [-0.2, 0) is 16.2 Å². The number of benzene rings is 2. The van der Waals surface area contributed by atoms with Crippen LogP contribution in [0.5, 0.6) is 0 Å². The van der Waals surface area contributed by atoms with Gasteiger partial charge in [0.2, 0.25) is 15.8 Å². The topological polar surface area (TPSA) is 86.2 Å². The van der Waals surface area contributed by atoms with Crippen LogP contribution < -0.4 is 5.14 Å². The molecule has 0 aliphatic carbocycles. The Morgan fingerprint density at radius 3 is 2.16 bits per heavy atom. The number of rotatable bonds is 3. The summed E-state index contributed by atoms with van der Waals surface area (Å²) in [5.41, 5.74) is -0.467. The third-order valence-electron chi connectivity index (χ3n) is 3.46. The number of alkyl halides is 3. The van der Waals surface area contributed by atoms with Crippen LogP contribution in [0.15, 0.2) is 64.0 Å². The lowest BCUT2D eigenvalue weighted by atomic mass is 9.99. The maximum absolute atomic E-state index is 13.4. The quantitative estimate of drug-likeness (QED) is 0.764. The lowest BCUT2D eigenvalue weighted by Crippen LogP contribution is -2.14. The van der Waals surface area contributed by atoms with E-state index in [0.717, 1.165) is 6.07 Å². The highest BCUT2D eigenvalue weighted by Crippen LogP contribution is 2.44. The molecule has 130 valence electrons. The van der Waals surface area contributed by atoms with Gasteiger partial charge in [-0.1, -0.05) is 53.7 Å². The number of aromatic nitrogens is 1. The molecule has 0 aliphatic heterocycles. The van der Waals surface area contributed by atoms with Gasteiger partial charge in [-0.3, -0.25) is 0 Å². The smallest absolute Gasteiger partial charge is 0.350 e. The fourth-order valence-electron chi connectivity index (χ4n) is 2.45. The Morgan fingerprint density at radius 1 is 0.960 bits per heavy atom. The van der Waals surface area contributed by atoms with Gasteiger partial charge in [0.25, 0.3) is 0 Å². The SMILES string of the molecule is NS(=O)(=O)c1ccccc1-c1c(-c2ccccc2)noc1C(F)(F)F. The highest BCUT2D eigenvalue weighted by molar-refractivity contribution is 7.89. The zero-order valence-corrected chi connectivity index (χ0v) is 13.3. The lowest BCUT2D eigenvalue weighted by Gasteiger charge is -2.10. The van der Waals surface area contributed by atoms with Gasteiger partial charge >= 0.3 is 6.18 Å². The summed E-state index contributed by atoms with van der Waals surface area (Å²) >= 11 is 0. The zero-order valence-electron chi connectivity index (χ0n) is 12.5. The van der Waals surface area contributed by atoms with Crippen molar-refractivity contribution in [3.05, 3.63) is 60.4 Å². The summed E-state index contributed by atoms with van der Waals surface area (Å²) in [6, 6.07) is 13.1. The van der Waals surface area contributed by atoms with Crippen molar-refractivity contribution in [2.24, 2.45) is 5.14 Å². The van der Waals surface area contributed by atoms with E-state index in [0.29, 0.717) is 5.56 Å². The number of primary sulfonamides is 1. The van der Waals surface area contributed by atoms with Crippen LogP contribution in [0.25, 0.3) is 22.4 Å². The number of nitrogens with zero attached hydrogens (tertiary/aromatic N) is 1. The van der Waals surface area contributed by atoms with Crippen LogP contribution in [0.4, 0.5) is 13.2 Å². The second-order valence-corrected chi connectivity index (χ2v) is 6.67. The third-order valence-corrected chi connectivity index (χ3v) is 4.43. The third kappa shape index (κ3) is 3.28. The Hall–Kier alpha value is -2.65. The standard InChI is InChI=1S/C16H11F3N2O3S/c17-16(18,19)15-13(11-8-4-5-9-12(11)25(20,22)23)14(21-24-15)10-6-2-1-3-7-10/h1-9H,(H2,20,22,23). The van der Waals surface area contributed by atoms with E-state index in [1.165, 1.54) is 18.2 Å². The molecule has 3 rings (SSSR count). The molecule has 3 aromatic rings. The van der Waals surface area contributed by atoms with E-state index in [4.69, 9.17) is 5.14 Å². The molecule has 0 unspecified atom stereocenters. The van der Waals surface area contributed by atoms with Gasteiger partial charge in [0.1, 0.15) is 5.69 Å². The van der Waals surface area contributed by atoms with Crippen molar-refractivity contribution in [3.8, 4) is 22.4 Å². The molecule has 1 heterocycles. The predicted molar refractivity (Wildman–Crippen MR) is 83.8 cm³/mol. The average Bonchev–Trinajstić information content (AvgIpc) is 3.00. The van der Waals surface area contributed by atoms with Crippen LogP contribution in [0, 0.1) is 0 Å². The summed E-state index contributed by atoms with van der Waals surface area (Å²) in [5.74, 6) is -1.39. The predicted octanol–water partition coefficient (Wildman–Crippen LogP) is 3.67. The van der Waals surface area contributed by atoms with Gasteiger partial charge in [0.15, 0.2) is 0 Å². The van der Waals surface area contributed by atoms with Gasteiger partial charge in [-0.25, -0.2) is 13.6 Å². The van der Waals surface area contributed by atoms with Crippen molar-refractivity contribution in [2.75, 3.05) is 0 Å². The van der Waals surface area contributed by atoms with E-state index < -0.39 is 32.4 Å². The van der Waals surface area contributed by atoms with E-state index in [-0.39, 0.29) is 11.3 Å². The molecular formula is C16H11F3N2O3S. The van der Waals surface area contributed by atoms with Crippen molar-refractivity contribution in [1.29, 1.82) is 0 Å². The van der Waals surface area contributed by atoms with Crippen molar-refractivity contribution in [2.45, 2.75) is 11.1 Å². The van der Waals surface area contributed by atoms with E-state index in [2.05, 4.69) is 9.68 Å². The second kappa shape index (κ2) is 6.01. The first-order valence-electron chi connectivity index (χ1n) is 6.94. The Balaban J connectivity index is 2.38. The number of hydrogen-bond donors (Lipinski definition) is 1. The van der Waals surface area contributed by atoms with Crippen molar-refractivity contribution in [3.63, 3.8) is 0 Å². The molecule has 0 saturated heterocycles. The summed E-state index contributed by atoms with van der Waals surface area (Å²) in [6.45, 7) is 0. The van der Waals surface area contributed by atoms with Gasteiger partial charge in [-0.05, 0) is 6.07 Å². The summed E-state index contributed by atoms with van der Waals surface area (Å²) in [6.07, 6.45) is -4.86. The number of halogens is 3. The summed E-state index contributed by atoms with van der Waals surface area (Å²) in [7, 11) is -4.26. The van der Waals surface area contributed by atoms with Gasteiger partial charge < -0.3 is 4.52 Å². The van der Waals surface area contributed by atoms with Gasteiger partial charge in [0, 0.05) is 11.1 Å². The maximum Gasteiger partial charge on any atom is 0.453 e.